The Labute approximate surface area is 784 Å². The first-order valence-corrected chi connectivity index (χ1v) is 44.7. The van der Waals surface area contributed by atoms with Crippen LogP contribution in [0.25, 0.3) is 118 Å². The van der Waals surface area contributed by atoms with Crippen LogP contribution in [0.4, 0.5) is 0 Å². The molecule has 7 N–H and O–H groups in total. The van der Waals surface area contributed by atoms with Crippen molar-refractivity contribution in [2.75, 3.05) is 6.61 Å². The molecule has 0 radical (unpaired) electrons. The van der Waals surface area contributed by atoms with E-state index in [1.807, 2.05) is 248 Å². The summed E-state index contributed by atoms with van der Waals surface area (Å²) >= 11 is 11.9. The Balaban J connectivity index is 0.000000131. The van der Waals surface area contributed by atoms with Crippen LogP contribution in [0.1, 0.15) is 130 Å². The summed E-state index contributed by atoms with van der Waals surface area (Å²) in [6.07, 6.45) is 7.87. The van der Waals surface area contributed by atoms with Crippen LogP contribution in [0, 0.1) is 90.0 Å². The average Bonchev–Trinajstić information content (AvgIpc) is 1.70. The maximum absolute atomic E-state index is 12.1. The van der Waals surface area contributed by atoms with Crippen LogP contribution in [0.2, 0.25) is 10.0 Å². The van der Waals surface area contributed by atoms with Crippen molar-refractivity contribution in [2.45, 2.75) is 148 Å². The van der Waals surface area contributed by atoms with Gasteiger partial charge in [-0.2, -0.15) is 0 Å². The molecular formula is C105H104Cl2N18O9. The minimum absolute atomic E-state index is 0.104. The molecule has 27 nitrogen and oxygen atoms in total. The van der Waals surface area contributed by atoms with Gasteiger partial charge in [0.05, 0.1) is 17.7 Å². The van der Waals surface area contributed by atoms with Crippen LogP contribution in [0.5, 0.6) is 40.2 Å². The van der Waals surface area contributed by atoms with Crippen LogP contribution in [-0.2, 0) is 16.0 Å². The zero-order chi connectivity index (χ0) is 95.3. The maximum atomic E-state index is 12.1. The number of phenolic OH excluding ortho intramolecular Hbond substituents is 7. The summed E-state index contributed by atoms with van der Waals surface area (Å²) in [4.78, 5) is 33.3. The third-order valence-electron chi connectivity index (χ3n) is 22.1. The first-order valence-electron chi connectivity index (χ1n) is 43.9. The van der Waals surface area contributed by atoms with Gasteiger partial charge in [-0.05, 0) is 303 Å². The van der Waals surface area contributed by atoms with Crippen molar-refractivity contribution < 1.29 is 45.3 Å². The van der Waals surface area contributed by atoms with Crippen molar-refractivity contribution in [3.63, 3.8) is 0 Å². The van der Waals surface area contributed by atoms with E-state index in [4.69, 9.17) is 27.9 Å². The number of hydrogen-bond acceptors (Lipinski definition) is 22. The second kappa shape index (κ2) is 42.2. The molecule has 0 unspecified atom stereocenters. The number of benzene rings is 13. The van der Waals surface area contributed by atoms with E-state index in [-0.39, 0.29) is 46.2 Å². The van der Waals surface area contributed by atoms with Crippen molar-refractivity contribution >= 4 is 84.3 Å². The Morgan fingerprint density at radius 2 is 0.575 bits per heavy atom. The van der Waals surface area contributed by atoms with Crippen LogP contribution in [-0.4, -0.2) is 138 Å². The molecule has 682 valence electrons. The fourth-order valence-electron chi connectivity index (χ4n) is 15.2. The lowest BCUT2D eigenvalue weighted by molar-refractivity contribution is -0.143. The second-order valence-corrected chi connectivity index (χ2v) is 34.3. The summed E-state index contributed by atoms with van der Waals surface area (Å²) in [5.41, 5.74) is 25.7. The minimum atomic E-state index is -0.182. The molecule has 6 aromatic heterocycles. The molecule has 0 bridgehead atoms. The van der Waals surface area contributed by atoms with Crippen molar-refractivity contribution in [1.29, 1.82) is 0 Å². The van der Waals surface area contributed by atoms with Gasteiger partial charge in [0.1, 0.15) is 124 Å². The van der Waals surface area contributed by atoms with Crippen molar-refractivity contribution in [2.24, 2.45) is 0 Å². The number of nitrogens with zero attached hydrogens (tertiary/aromatic N) is 18. The molecular weight excluding hydrogens is 1730 g/mol. The Bertz CT molecular complexity index is 7000. The molecule has 0 saturated carbocycles. The maximum Gasteiger partial charge on any atom is 0.306 e. The lowest BCUT2D eigenvalue weighted by atomic mass is 10.0. The normalized spacial score (nSPS) is 11.0. The third-order valence-corrected chi connectivity index (χ3v) is 22.6. The molecule has 6 heterocycles. The summed E-state index contributed by atoms with van der Waals surface area (Å²) in [5.74, 6) is 2.20. The number of halogens is 2. The summed E-state index contributed by atoms with van der Waals surface area (Å²) in [5, 5.41) is 117. The number of esters is 1. The van der Waals surface area contributed by atoms with E-state index < -0.39 is 0 Å². The van der Waals surface area contributed by atoms with Gasteiger partial charge in [-0.25, -0.2) is 15.0 Å². The van der Waals surface area contributed by atoms with Gasteiger partial charge in [0.15, 0.2) is 17.5 Å². The number of aryl methyl sites for hydroxylation is 14. The number of hydrogen-bond donors (Lipinski definition) is 7. The molecule has 134 heavy (non-hydrogen) atoms. The van der Waals surface area contributed by atoms with Crippen LogP contribution >= 0.6 is 23.2 Å². The van der Waals surface area contributed by atoms with Crippen molar-refractivity contribution in [1.82, 2.24) is 89.9 Å². The fourth-order valence-corrected chi connectivity index (χ4v) is 15.6. The van der Waals surface area contributed by atoms with Gasteiger partial charge in [0, 0.05) is 22.0 Å². The third kappa shape index (κ3) is 22.9. The molecule has 0 saturated heterocycles. The van der Waals surface area contributed by atoms with Crippen molar-refractivity contribution in [3.05, 3.63) is 312 Å². The summed E-state index contributed by atoms with van der Waals surface area (Å²) in [7, 11) is 0. The van der Waals surface area contributed by atoms with E-state index in [1.165, 1.54) is 49.7 Å². The van der Waals surface area contributed by atoms with E-state index in [0.29, 0.717) is 97.6 Å². The Hall–Kier alpha value is -15.5. The summed E-state index contributed by atoms with van der Waals surface area (Å²) in [6.45, 7) is 27.8. The molecule has 0 atom stereocenters. The summed E-state index contributed by atoms with van der Waals surface area (Å²) < 4.78 is 5.36. The molecule has 19 aromatic rings. The monoisotopic (exact) mass is 1830 g/mol. The van der Waals surface area contributed by atoms with Crippen LogP contribution in [0.15, 0.2) is 224 Å². The number of carbonyl (C=O) groups excluding carboxylic acids is 1. The zero-order valence-corrected chi connectivity index (χ0v) is 78.5. The number of aromatic nitrogens is 18. The number of phenols is 7. The predicted octanol–water partition coefficient (Wildman–Crippen LogP) is 23.1. The van der Waals surface area contributed by atoms with Gasteiger partial charge in [0.2, 0.25) is 0 Å². The lowest BCUT2D eigenvalue weighted by Gasteiger charge is -2.12. The molecule has 0 fully saturated rings. The van der Waals surface area contributed by atoms with Gasteiger partial charge < -0.3 is 40.5 Å². The number of unbranched alkanes of at least 4 members (excludes halogenated alkanes) is 5. The largest absolute Gasteiger partial charge is 0.507 e. The number of rotatable bonds is 18. The highest BCUT2D eigenvalue weighted by Gasteiger charge is 2.22. The van der Waals surface area contributed by atoms with Crippen molar-refractivity contribution in [3.8, 4) is 103 Å². The highest BCUT2D eigenvalue weighted by molar-refractivity contribution is 6.31. The molecule has 13 aromatic carbocycles. The van der Waals surface area contributed by atoms with E-state index in [2.05, 4.69) is 78.9 Å². The number of aromatic hydroxyl groups is 7. The predicted molar refractivity (Wildman–Crippen MR) is 526 cm³/mol. The Kier molecular flexibility index (Phi) is 29.8. The molecule has 0 spiro atoms. The highest BCUT2D eigenvalue weighted by atomic mass is 35.5. The average molecular weight is 1830 g/mol. The standard InChI is InChI=1S/C25H23N3O2.C24H31N3O3.2C14H12ClN3O.2C14H13N3O/c1-14-5-8-18(17(4)11-14)23-26-24(19-9-6-15(2)12-21(19)29)28-25(27-23)20-10-7-16(3)13-22(20)30;1-3-4-5-6-7-10-15-30-23(28)14-13-19-16-18(2)24(29)22(17-19)27-25-20-11-8-9-12-21(20)26-27;2*1-8-5-9(2)14(19)13(6-8)18-16-11-4-3-10(15)7-12(11)17-18;2*1-9-7-10(2)14(18)13(8-9)17-15-11-5-3-4-6-12(11)16-17/h5-13,29-30H,1-4H3;8-9,11-12,16-17,29H,3-7,10,13-15H2,1-2H3;2*3-7,19H,1-2H3;2*3-8,18H,1-2H3. The smallest absolute Gasteiger partial charge is 0.306 e. The first-order chi connectivity index (χ1) is 64.3. The van der Waals surface area contributed by atoms with Gasteiger partial charge >= 0.3 is 5.97 Å². The molecule has 29 heteroatoms. The Morgan fingerprint density at radius 3 is 0.910 bits per heavy atom. The van der Waals surface area contributed by atoms with Gasteiger partial charge in [-0.3, -0.25) is 4.79 Å². The second-order valence-electron chi connectivity index (χ2n) is 33.4. The van der Waals surface area contributed by atoms with E-state index >= 15 is 0 Å². The molecule has 0 aliphatic rings. The van der Waals surface area contributed by atoms with E-state index in [0.717, 1.165) is 140 Å². The molecule has 0 aliphatic heterocycles. The van der Waals surface area contributed by atoms with Crippen LogP contribution in [0.3, 0.4) is 0 Å². The zero-order valence-electron chi connectivity index (χ0n) is 77.0. The SMILES string of the molecule is CCCCCCCCOC(=O)CCc1cc(C)c(O)c(-n2nc3ccccc3n2)c1.Cc1cc(C)c(O)c(-n2nc3ccc(Cl)cc3n2)c1.Cc1cc(C)c(O)c(-n2nc3ccc(Cl)cc3n2)c1.Cc1cc(C)c(O)c(-n2nc3ccccc3n2)c1.Cc1cc(C)c(O)c(-n2nc3ccccc3n2)c1.Cc1ccc(-c2nc(-c3ccc(C)cc3O)nc(-c3ccc(C)cc3O)n2)c(C)c1. The molecule has 0 amide bonds. The lowest BCUT2D eigenvalue weighted by Crippen LogP contribution is -2.08. The van der Waals surface area contributed by atoms with Gasteiger partial charge in [-0.15, -0.1) is 75.0 Å². The Morgan fingerprint density at radius 1 is 0.291 bits per heavy atom. The number of ether oxygens (including phenoxy) is 1. The van der Waals surface area contributed by atoms with Gasteiger partial charge in [-0.1, -0.05) is 165 Å². The highest BCUT2D eigenvalue weighted by Crippen LogP contribution is 2.38. The fraction of sp³-hybridized carbons (Fsp3) is 0.219. The quantitative estimate of drug-likeness (QED) is 0.0310. The topological polar surface area (TPSA) is 360 Å². The molecule has 19 rings (SSSR count). The number of carbonyl (C=O) groups is 1. The molecule has 0 aliphatic carbocycles. The summed E-state index contributed by atoms with van der Waals surface area (Å²) in [6, 6.07) is 69.2. The van der Waals surface area contributed by atoms with E-state index in [1.54, 1.807) is 60.7 Å². The minimum Gasteiger partial charge on any atom is -0.507 e. The van der Waals surface area contributed by atoms with E-state index in [9.17, 15) is 40.5 Å². The van der Waals surface area contributed by atoms with Gasteiger partial charge in [0.25, 0.3) is 0 Å². The number of fused-ring (bicyclic) bond motifs is 5. The first kappa shape index (κ1) is 94.6. The van der Waals surface area contributed by atoms with Crippen LogP contribution < -0.4 is 0 Å².